The number of aliphatic carboxylic acids is 2. The van der Waals surface area contributed by atoms with E-state index < -0.39 is 47.5 Å². The quantitative estimate of drug-likeness (QED) is 0.267. The van der Waals surface area contributed by atoms with Gasteiger partial charge in [-0.2, -0.15) is 0 Å². The highest BCUT2D eigenvalue weighted by atomic mass is 16.4. The van der Waals surface area contributed by atoms with E-state index in [9.17, 15) is 33.9 Å². The van der Waals surface area contributed by atoms with Crippen molar-refractivity contribution in [1.29, 1.82) is 0 Å². The lowest BCUT2D eigenvalue weighted by molar-refractivity contribution is -0.143. The Labute approximate surface area is 226 Å². The summed E-state index contributed by atoms with van der Waals surface area (Å²) < 4.78 is 0. The third-order valence-electron chi connectivity index (χ3n) is 8.06. The van der Waals surface area contributed by atoms with Gasteiger partial charge in [-0.05, 0) is 62.6 Å². The Balaban J connectivity index is 1.30. The van der Waals surface area contributed by atoms with Gasteiger partial charge in [0.05, 0.1) is 17.0 Å². The van der Waals surface area contributed by atoms with Gasteiger partial charge in [0.15, 0.2) is 0 Å². The van der Waals surface area contributed by atoms with Crippen molar-refractivity contribution in [3.8, 4) is 0 Å². The number of fused-ring (bicyclic) bond motifs is 1. The second-order valence-corrected chi connectivity index (χ2v) is 10.7. The second kappa shape index (κ2) is 12.4. The van der Waals surface area contributed by atoms with Crippen LogP contribution in [-0.4, -0.2) is 69.8 Å². The second-order valence-electron chi connectivity index (χ2n) is 10.7. The number of piperidine rings is 2. The van der Waals surface area contributed by atoms with Crippen molar-refractivity contribution >= 4 is 41.3 Å². The number of unbranched alkanes of at least 4 members (excludes halogenated alkanes) is 3. The first-order valence-corrected chi connectivity index (χ1v) is 13.7. The van der Waals surface area contributed by atoms with Crippen LogP contribution in [0.1, 0.15) is 91.3 Å². The summed E-state index contributed by atoms with van der Waals surface area (Å²) in [7, 11) is 0. The molecule has 0 aliphatic carbocycles. The highest BCUT2D eigenvalue weighted by Gasteiger charge is 2.44. The molecule has 3 aliphatic rings. The molecule has 0 saturated carbocycles. The lowest BCUT2D eigenvalue weighted by Gasteiger charge is -2.34. The van der Waals surface area contributed by atoms with Crippen molar-refractivity contribution in [3.63, 3.8) is 0 Å². The fourth-order valence-electron chi connectivity index (χ4n) is 5.85. The van der Waals surface area contributed by atoms with Crippen LogP contribution in [0.5, 0.6) is 0 Å². The largest absolute Gasteiger partial charge is 0.481 e. The standard InChI is InChI=1S/C28H35N3O8/c32-23-10-9-22(25(35)29-23)31-26(36)20-8-7-19(16-21(20)27(31)37)30-13-11-17(12-14-30)15-18(28(38)39)5-3-1-2-4-6-24(33)34/h7-8,16-18,22H,1-6,9-15H2,(H,33,34)(H,38,39)(H,29,32,35). The lowest BCUT2D eigenvalue weighted by Crippen LogP contribution is -2.54. The number of hydrogen-bond donors (Lipinski definition) is 3. The van der Waals surface area contributed by atoms with Gasteiger partial charge in [-0.3, -0.25) is 39.0 Å². The van der Waals surface area contributed by atoms with Crippen molar-refractivity contribution in [3.05, 3.63) is 29.3 Å². The topological polar surface area (TPSA) is 161 Å². The van der Waals surface area contributed by atoms with E-state index in [4.69, 9.17) is 5.11 Å². The molecule has 1 aromatic rings. The summed E-state index contributed by atoms with van der Waals surface area (Å²) in [5.41, 5.74) is 1.30. The zero-order valence-electron chi connectivity index (χ0n) is 21.9. The van der Waals surface area contributed by atoms with Gasteiger partial charge in [0.1, 0.15) is 6.04 Å². The highest BCUT2D eigenvalue weighted by molar-refractivity contribution is 6.23. The highest BCUT2D eigenvalue weighted by Crippen LogP contribution is 2.33. The maximum Gasteiger partial charge on any atom is 0.306 e. The molecule has 2 atom stereocenters. The molecule has 210 valence electrons. The number of benzene rings is 1. The van der Waals surface area contributed by atoms with Gasteiger partial charge >= 0.3 is 11.9 Å². The molecule has 3 aliphatic heterocycles. The Kier molecular flexibility index (Phi) is 8.98. The van der Waals surface area contributed by atoms with Gasteiger partial charge < -0.3 is 15.1 Å². The average Bonchev–Trinajstić information content (AvgIpc) is 3.14. The molecular formula is C28H35N3O8. The molecule has 39 heavy (non-hydrogen) atoms. The number of hydrogen-bond acceptors (Lipinski definition) is 7. The molecule has 2 saturated heterocycles. The Bertz CT molecular complexity index is 1160. The summed E-state index contributed by atoms with van der Waals surface area (Å²) in [5.74, 6) is -3.85. The molecular weight excluding hydrogens is 506 g/mol. The number of rotatable bonds is 12. The van der Waals surface area contributed by atoms with Crippen LogP contribution in [0.25, 0.3) is 0 Å². The molecule has 2 unspecified atom stereocenters. The van der Waals surface area contributed by atoms with Gasteiger partial charge in [0.2, 0.25) is 11.8 Å². The number of carboxylic acids is 2. The third-order valence-corrected chi connectivity index (χ3v) is 8.06. The van der Waals surface area contributed by atoms with Crippen LogP contribution in [0.2, 0.25) is 0 Å². The van der Waals surface area contributed by atoms with E-state index in [-0.39, 0.29) is 36.3 Å². The monoisotopic (exact) mass is 541 g/mol. The molecule has 0 bridgehead atoms. The molecule has 0 radical (unpaired) electrons. The van der Waals surface area contributed by atoms with Gasteiger partial charge in [-0.1, -0.05) is 19.3 Å². The number of anilines is 1. The number of carboxylic acid groups (broad SMARTS) is 2. The van der Waals surface area contributed by atoms with Gasteiger partial charge in [-0.25, -0.2) is 0 Å². The van der Waals surface area contributed by atoms with E-state index in [1.54, 1.807) is 18.2 Å². The molecule has 2 fully saturated rings. The summed E-state index contributed by atoms with van der Waals surface area (Å²) in [4.78, 5) is 75.3. The number of carbonyl (C=O) groups is 6. The maximum atomic E-state index is 13.1. The Hall–Kier alpha value is -3.76. The lowest BCUT2D eigenvalue weighted by atomic mass is 9.84. The first-order valence-electron chi connectivity index (χ1n) is 13.7. The minimum absolute atomic E-state index is 0.0690. The summed E-state index contributed by atoms with van der Waals surface area (Å²) >= 11 is 0. The molecule has 1 aromatic carbocycles. The van der Waals surface area contributed by atoms with Gasteiger partial charge in [0.25, 0.3) is 11.8 Å². The molecule has 3 heterocycles. The summed E-state index contributed by atoms with van der Waals surface area (Å²) in [6.07, 6.45) is 6.16. The van der Waals surface area contributed by atoms with Crippen LogP contribution in [0, 0.1) is 11.8 Å². The zero-order chi connectivity index (χ0) is 28.1. The zero-order valence-corrected chi connectivity index (χ0v) is 21.9. The summed E-state index contributed by atoms with van der Waals surface area (Å²) in [6, 6.07) is 4.09. The van der Waals surface area contributed by atoms with Crippen LogP contribution in [0.3, 0.4) is 0 Å². The van der Waals surface area contributed by atoms with Crippen LogP contribution in [0.4, 0.5) is 5.69 Å². The fraction of sp³-hybridized carbons (Fsp3) is 0.571. The van der Waals surface area contributed by atoms with Gasteiger partial charge in [0, 0.05) is 31.6 Å². The number of amides is 4. The average molecular weight is 542 g/mol. The Morgan fingerprint density at radius 2 is 1.62 bits per heavy atom. The predicted molar refractivity (Wildman–Crippen MR) is 139 cm³/mol. The van der Waals surface area contributed by atoms with E-state index in [2.05, 4.69) is 10.2 Å². The smallest absolute Gasteiger partial charge is 0.306 e. The van der Waals surface area contributed by atoms with E-state index >= 15 is 0 Å². The van der Waals surface area contributed by atoms with E-state index in [1.165, 1.54) is 0 Å². The molecule has 0 spiro atoms. The Morgan fingerprint density at radius 3 is 2.28 bits per heavy atom. The summed E-state index contributed by atoms with van der Waals surface area (Å²) in [5, 5.41) is 20.6. The predicted octanol–water partition coefficient (Wildman–Crippen LogP) is 2.82. The first-order chi connectivity index (χ1) is 18.7. The number of nitrogens with zero attached hydrogens (tertiary/aromatic N) is 2. The minimum Gasteiger partial charge on any atom is -0.481 e. The maximum absolute atomic E-state index is 13.1. The first kappa shape index (κ1) is 28.3. The summed E-state index contributed by atoms with van der Waals surface area (Å²) in [6.45, 7) is 1.40. The number of carbonyl (C=O) groups excluding carboxylic acids is 4. The van der Waals surface area contributed by atoms with E-state index in [0.717, 1.165) is 42.7 Å². The van der Waals surface area contributed by atoms with Crippen molar-refractivity contribution in [2.75, 3.05) is 18.0 Å². The van der Waals surface area contributed by atoms with Crippen LogP contribution < -0.4 is 10.2 Å². The molecule has 11 heteroatoms. The number of imide groups is 2. The van der Waals surface area contributed by atoms with Crippen molar-refractivity contribution in [2.45, 2.75) is 76.7 Å². The molecule has 0 aromatic heterocycles. The molecule has 11 nitrogen and oxygen atoms in total. The van der Waals surface area contributed by atoms with E-state index in [0.29, 0.717) is 32.4 Å². The Morgan fingerprint density at radius 1 is 0.923 bits per heavy atom. The fourth-order valence-corrected chi connectivity index (χ4v) is 5.85. The van der Waals surface area contributed by atoms with Crippen LogP contribution in [0.15, 0.2) is 18.2 Å². The van der Waals surface area contributed by atoms with Crippen molar-refractivity contribution in [2.24, 2.45) is 11.8 Å². The van der Waals surface area contributed by atoms with Crippen LogP contribution >= 0.6 is 0 Å². The van der Waals surface area contributed by atoms with Crippen molar-refractivity contribution in [1.82, 2.24) is 10.2 Å². The SMILES string of the molecule is O=C(O)CCCCCCC(CC1CCN(c2ccc3c(c2)C(=O)N(C2CCC(=O)NC2=O)C3=O)CC1)C(=O)O. The minimum atomic E-state index is -0.999. The third kappa shape index (κ3) is 6.63. The molecule has 4 rings (SSSR count). The number of nitrogens with one attached hydrogen (secondary N) is 1. The van der Waals surface area contributed by atoms with Crippen LogP contribution in [-0.2, 0) is 19.2 Å². The van der Waals surface area contributed by atoms with E-state index in [1.807, 2.05) is 0 Å². The molecule has 3 N–H and O–H groups in total. The van der Waals surface area contributed by atoms with Gasteiger partial charge in [-0.15, -0.1) is 0 Å². The van der Waals surface area contributed by atoms with Crippen molar-refractivity contribution < 1.29 is 39.0 Å². The molecule has 4 amide bonds. The normalized spacial score (nSPS) is 20.7.